The highest BCUT2D eigenvalue weighted by Crippen LogP contribution is 2.24. The van der Waals surface area contributed by atoms with E-state index in [1.807, 2.05) is 48.5 Å². The molecule has 4 aromatic rings. The molecule has 1 N–H and O–H groups in total. The van der Waals surface area contributed by atoms with Crippen molar-refractivity contribution in [3.05, 3.63) is 77.2 Å². The summed E-state index contributed by atoms with van der Waals surface area (Å²) in [6.07, 6.45) is 2.45. The van der Waals surface area contributed by atoms with Gasteiger partial charge in [-0.05, 0) is 30.2 Å². The Kier molecular flexibility index (Phi) is 3.08. The predicted molar refractivity (Wildman–Crippen MR) is 91.5 cm³/mol. The molecule has 0 saturated heterocycles. The van der Waals surface area contributed by atoms with Crippen molar-refractivity contribution in [1.29, 1.82) is 0 Å². The number of allylic oxidation sites excluding steroid dienone is 1. The number of benzene rings is 2. The van der Waals surface area contributed by atoms with Crippen LogP contribution in [-0.2, 0) is 6.42 Å². The Hall–Kier alpha value is -3.14. The average Bonchev–Trinajstić information content (AvgIpc) is 2.99. The van der Waals surface area contributed by atoms with Gasteiger partial charge in [-0.2, -0.15) is 0 Å². The van der Waals surface area contributed by atoms with Crippen LogP contribution in [0, 0.1) is 0 Å². The molecule has 0 aliphatic rings. The molecule has 0 unspecified atom stereocenters. The van der Waals surface area contributed by atoms with E-state index in [0.29, 0.717) is 23.4 Å². The van der Waals surface area contributed by atoms with Gasteiger partial charge in [0.05, 0.1) is 11.0 Å². The van der Waals surface area contributed by atoms with E-state index in [2.05, 4.69) is 16.5 Å². The number of rotatable bonds is 3. The van der Waals surface area contributed by atoms with Crippen LogP contribution in [0.2, 0.25) is 0 Å². The van der Waals surface area contributed by atoms with Gasteiger partial charge in [-0.25, -0.2) is 9.78 Å². The summed E-state index contributed by atoms with van der Waals surface area (Å²) in [7, 11) is 0. The van der Waals surface area contributed by atoms with Crippen LogP contribution < -0.4 is 5.63 Å². The molecule has 0 amide bonds. The number of H-pyrrole nitrogens is 1. The summed E-state index contributed by atoms with van der Waals surface area (Å²) in [6, 6.07) is 15.3. The van der Waals surface area contributed by atoms with E-state index in [-0.39, 0.29) is 0 Å². The standard InChI is InChI=1S/C19H14N2O2/c1-2-6-12-7-5-8-13-11-14(19(22)23-17(12)13)18-20-15-9-3-4-10-16(15)21-18/h2-5,7-11H,1,6H2,(H,20,21). The Morgan fingerprint density at radius 3 is 2.87 bits per heavy atom. The van der Waals surface area contributed by atoms with Crippen LogP contribution >= 0.6 is 0 Å². The van der Waals surface area contributed by atoms with Gasteiger partial charge >= 0.3 is 5.63 Å². The Bertz CT molecular complexity index is 1060. The predicted octanol–water partition coefficient (Wildman–Crippen LogP) is 4.06. The van der Waals surface area contributed by atoms with Crippen molar-refractivity contribution in [1.82, 2.24) is 9.97 Å². The molecular formula is C19H14N2O2. The quantitative estimate of drug-likeness (QED) is 0.458. The monoisotopic (exact) mass is 302 g/mol. The highest BCUT2D eigenvalue weighted by molar-refractivity contribution is 5.85. The van der Waals surface area contributed by atoms with E-state index >= 15 is 0 Å². The zero-order valence-corrected chi connectivity index (χ0v) is 12.4. The number of nitrogens with zero attached hydrogens (tertiary/aromatic N) is 1. The van der Waals surface area contributed by atoms with Crippen molar-refractivity contribution in [3.8, 4) is 11.4 Å². The van der Waals surface area contributed by atoms with E-state index < -0.39 is 5.63 Å². The van der Waals surface area contributed by atoms with E-state index in [1.165, 1.54) is 0 Å². The molecule has 4 heteroatoms. The van der Waals surface area contributed by atoms with Crippen LogP contribution in [0.15, 0.2) is 70.4 Å². The van der Waals surface area contributed by atoms with Crippen LogP contribution in [0.5, 0.6) is 0 Å². The van der Waals surface area contributed by atoms with Crippen LogP contribution in [0.4, 0.5) is 0 Å². The molecule has 2 aromatic heterocycles. The van der Waals surface area contributed by atoms with E-state index in [0.717, 1.165) is 22.0 Å². The number of imidazole rings is 1. The number of nitrogens with one attached hydrogen (secondary N) is 1. The second kappa shape index (κ2) is 5.25. The molecule has 0 fully saturated rings. The summed E-state index contributed by atoms with van der Waals surface area (Å²) in [5, 5.41) is 0.874. The number of hydrogen-bond acceptors (Lipinski definition) is 3. The lowest BCUT2D eigenvalue weighted by atomic mass is 10.1. The van der Waals surface area contributed by atoms with E-state index in [9.17, 15) is 4.79 Å². The lowest BCUT2D eigenvalue weighted by Gasteiger charge is -2.04. The molecule has 4 rings (SSSR count). The van der Waals surface area contributed by atoms with Gasteiger partial charge in [0.25, 0.3) is 0 Å². The van der Waals surface area contributed by atoms with Gasteiger partial charge in [0.1, 0.15) is 17.0 Å². The lowest BCUT2D eigenvalue weighted by Crippen LogP contribution is -2.04. The molecule has 23 heavy (non-hydrogen) atoms. The average molecular weight is 302 g/mol. The molecule has 0 aliphatic heterocycles. The van der Waals surface area contributed by atoms with Crippen molar-refractivity contribution in [2.24, 2.45) is 0 Å². The van der Waals surface area contributed by atoms with Gasteiger partial charge in [-0.15, -0.1) is 6.58 Å². The third-order valence-corrected chi connectivity index (χ3v) is 3.85. The maximum Gasteiger partial charge on any atom is 0.347 e. The first kappa shape index (κ1) is 13.5. The molecule has 0 spiro atoms. The number of aromatic amines is 1. The minimum absolute atomic E-state index is 0.395. The maximum absolute atomic E-state index is 12.4. The first-order valence-corrected chi connectivity index (χ1v) is 7.38. The Morgan fingerprint density at radius 2 is 2.04 bits per heavy atom. The summed E-state index contributed by atoms with van der Waals surface area (Å²) in [4.78, 5) is 20.1. The summed E-state index contributed by atoms with van der Waals surface area (Å²) in [6.45, 7) is 3.74. The van der Waals surface area contributed by atoms with Gasteiger partial charge in [-0.1, -0.05) is 36.4 Å². The molecule has 0 aliphatic carbocycles. The summed E-state index contributed by atoms with van der Waals surface area (Å²) in [5.41, 5.74) is 3.31. The maximum atomic E-state index is 12.4. The molecular weight excluding hydrogens is 288 g/mol. The zero-order chi connectivity index (χ0) is 15.8. The van der Waals surface area contributed by atoms with Crippen molar-refractivity contribution in [2.45, 2.75) is 6.42 Å². The van der Waals surface area contributed by atoms with Gasteiger partial charge in [0.15, 0.2) is 0 Å². The van der Waals surface area contributed by atoms with E-state index in [4.69, 9.17) is 4.42 Å². The fourth-order valence-electron chi connectivity index (χ4n) is 2.77. The summed E-state index contributed by atoms with van der Waals surface area (Å²) >= 11 is 0. The van der Waals surface area contributed by atoms with Gasteiger partial charge in [-0.3, -0.25) is 0 Å². The number of para-hydroxylation sites is 3. The fourth-order valence-corrected chi connectivity index (χ4v) is 2.77. The molecule has 0 atom stereocenters. The first-order chi connectivity index (χ1) is 11.3. The SMILES string of the molecule is C=CCc1cccc2cc(-c3nc4ccccc4[nH]3)c(=O)oc12. The first-order valence-electron chi connectivity index (χ1n) is 7.38. The molecule has 112 valence electrons. The van der Waals surface area contributed by atoms with Gasteiger partial charge < -0.3 is 9.40 Å². The van der Waals surface area contributed by atoms with Crippen molar-refractivity contribution in [2.75, 3.05) is 0 Å². The minimum atomic E-state index is -0.395. The minimum Gasteiger partial charge on any atom is -0.422 e. The molecule has 0 radical (unpaired) electrons. The third kappa shape index (κ3) is 2.25. The van der Waals surface area contributed by atoms with Crippen LogP contribution in [0.1, 0.15) is 5.56 Å². The molecule has 2 aromatic carbocycles. The zero-order valence-electron chi connectivity index (χ0n) is 12.4. The Balaban J connectivity index is 1.95. The van der Waals surface area contributed by atoms with Crippen molar-refractivity contribution >= 4 is 22.0 Å². The Morgan fingerprint density at radius 1 is 1.17 bits per heavy atom. The number of aromatic nitrogens is 2. The fraction of sp³-hybridized carbons (Fsp3) is 0.0526. The normalized spacial score (nSPS) is 11.1. The second-order valence-electron chi connectivity index (χ2n) is 5.38. The molecule has 0 saturated carbocycles. The second-order valence-corrected chi connectivity index (χ2v) is 5.38. The van der Waals surface area contributed by atoms with Crippen LogP contribution in [0.25, 0.3) is 33.4 Å². The van der Waals surface area contributed by atoms with Crippen LogP contribution in [-0.4, -0.2) is 9.97 Å². The highest BCUT2D eigenvalue weighted by Gasteiger charge is 2.13. The van der Waals surface area contributed by atoms with Crippen molar-refractivity contribution in [3.63, 3.8) is 0 Å². The summed E-state index contributed by atoms with van der Waals surface area (Å²) in [5.74, 6) is 0.524. The topological polar surface area (TPSA) is 58.9 Å². The Labute approximate surface area is 132 Å². The lowest BCUT2D eigenvalue weighted by molar-refractivity contribution is 0.560. The smallest absolute Gasteiger partial charge is 0.347 e. The van der Waals surface area contributed by atoms with Crippen LogP contribution in [0.3, 0.4) is 0 Å². The molecule has 2 heterocycles. The van der Waals surface area contributed by atoms with Gasteiger partial charge in [0, 0.05) is 5.39 Å². The summed E-state index contributed by atoms with van der Waals surface area (Å²) < 4.78 is 5.56. The third-order valence-electron chi connectivity index (χ3n) is 3.85. The van der Waals surface area contributed by atoms with E-state index in [1.54, 1.807) is 6.08 Å². The molecule has 0 bridgehead atoms. The van der Waals surface area contributed by atoms with Crippen molar-refractivity contribution < 1.29 is 4.42 Å². The number of fused-ring (bicyclic) bond motifs is 2. The van der Waals surface area contributed by atoms with Gasteiger partial charge in [0.2, 0.25) is 0 Å². The molecule has 4 nitrogen and oxygen atoms in total. The highest BCUT2D eigenvalue weighted by atomic mass is 16.4. The number of hydrogen-bond donors (Lipinski definition) is 1. The largest absolute Gasteiger partial charge is 0.422 e.